The fourth-order valence-corrected chi connectivity index (χ4v) is 3.10. The topological polar surface area (TPSA) is 82.2 Å². The normalized spacial score (nSPS) is 26.2. The van der Waals surface area contributed by atoms with Gasteiger partial charge >= 0.3 is 6.09 Å². The SMILES string of the molecule is CC(C)n1nc([C@H]2CC[C@@H](OC(=O)NC3(C)CC3)C2)cc1N. The van der Waals surface area contributed by atoms with E-state index in [2.05, 4.69) is 24.3 Å². The molecule has 1 aromatic rings. The van der Waals surface area contributed by atoms with Crippen molar-refractivity contribution in [3.05, 3.63) is 11.8 Å². The van der Waals surface area contributed by atoms with Gasteiger partial charge in [0.15, 0.2) is 0 Å². The van der Waals surface area contributed by atoms with Crippen molar-refractivity contribution < 1.29 is 9.53 Å². The van der Waals surface area contributed by atoms with E-state index in [9.17, 15) is 4.79 Å². The highest BCUT2D eigenvalue weighted by Gasteiger charge is 2.40. The van der Waals surface area contributed by atoms with E-state index in [0.717, 1.165) is 37.8 Å². The molecule has 2 saturated carbocycles. The number of nitrogen functional groups attached to an aromatic ring is 1. The van der Waals surface area contributed by atoms with Crippen LogP contribution in [-0.4, -0.2) is 27.5 Å². The molecule has 0 bridgehead atoms. The van der Waals surface area contributed by atoms with E-state index in [4.69, 9.17) is 10.5 Å². The van der Waals surface area contributed by atoms with Crippen LogP contribution in [0.15, 0.2) is 6.07 Å². The number of ether oxygens (including phenoxy) is 1. The first kappa shape index (κ1) is 15.2. The molecule has 2 atom stereocenters. The first-order valence-electron chi connectivity index (χ1n) is 8.20. The number of amides is 1. The van der Waals surface area contributed by atoms with Crippen molar-refractivity contribution in [2.24, 2.45) is 0 Å². The van der Waals surface area contributed by atoms with E-state index in [1.54, 1.807) is 0 Å². The molecule has 22 heavy (non-hydrogen) atoms. The second-order valence-electron chi connectivity index (χ2n) is 7.26. The van der Waals surface area contributed by atoms with E-state index in [1.165, 1.54) is 0 Å². The predicted molar refractivity (Wildman–Crippen MR) is 84.7 cm³/mol. The van der Waals surface area contributed by atoms with Crippen molar-refractivity contribution in [1.29, 1.82) is 0 Å². The molecule has 0 saturated heterocycles. The van der Waals surface area contributed by atoms with Crippen LogP contribution in [0.5, 0.6) is 0 Å². The highest BCUT2D eigenvalue weighted by atomic mass is 16.6. The Morgan fingerprint density at radius 1 is 1.50 bits per heavy atom. The third-order valence-corrected chi connectivity index (χ3v) is 4.75. The molecule has 0 unspecified atom stereocenters. The number of carbonyl (C=O) groups is 1. The Morgan fingerprint density at radius 3 is 2.82 bits per heavy atom. The minimum atomic E-state index is -0.280. The van der Waals surface area contributed by atoms with E-state index < -0.39 is 0 Å². The Morgan fingerprint density at radius 2 is 2.23 bits per heavy atom. The molecular weight excluding hydrogens is 280 g/mol. The number of nitrogens with one attached hydrogen (secondary N) is 1. The van der Waals surface area contributed by atoms with Crippen molar-refractivity contribution in [3.8, 4) is 0 Å². The van der Waals surface area contributed by atoms with Crippen molar-refractivity contribution in [2.45, 2.75) is 76.5 Å². The highest BCUT2D eigenvalue weighted by Crippen LogP contribution is 2.37. The summed E-state index contributed by atoms with van der Waals surface area (Å²) in [5, 5.41) is 7.55. The molecule has 3 N–H and O–H groups in total. The average molecular weight is 306 g/mol. The molecular formula is C16H26N4O2. The summed E-state index contributed by atoms with van der Waals surface area (Å²) in [6.45, 7) is 6.18. The summed E-state index contributed by atoms with van der Waals surface area (Å²) in [5.41, 5.74) is 7.00. The molecule has 3 rings (SSSR count). The van der Waals surface area contributed by atoms with Gasteiger partial charge in [0.05, 0.1) is 5.69 Å². The lowest BCUT2D eigenvalue weighted by Gasteiger charge is -2.16. The summed E-state index contributed by atoms with van der Waals surface area (Å²) in [4.78, 5) is 11.9. The summed E-state index contributed by atoms with van der Waals surface area (Å²) in [6.07, 6.45) is 4.50. The van der Waals surface area contributed by atoms with Crippen molar-refractivity contribution in [2.75, 3.05) is 5.73 Å². The Labute approximate surface area is 131 Å². The first-order valence-corrected chi connectivity index (χ1v) is 8.20. The number of rotatable bonds is 4. The lowest BCUT2D eigenvalue weighted by molar-refractivity contribution is 0.0967. The van der Waals surface area contributed by atoms with Gasteiger partial charge in [-0.15, -0.1) is 0 Å². The maximum atomic E-state index is 11.9. The zero-order chi connectivity index (χ0) is 15.9. The van der Waals surface area contributed by atoms with Crippen LogP contribution in [0.1, 0.15) is 70.5 Å². The number of nitrogens with two attached hydrogens (primary N) is 1. The minimum absolute atomic E-state index is 0.0159. The summed E-state index contributed by atoms with van der Waals surface area (Å²) in [6, 6.07) is 2.21. The molecule has 1 amide bonds. The molecule has 0 spiro atoms. The summed E-state index contributed by atoms with van der Waals surface area (Å²) >= 11 is 0. The summed E-state index contributed by atoms with van der Waals surface area (Å²) < 4.78 is 7.40. The molecule has 0 radical (unpaired) electrons. The minimum Gasteiger partial charge on any atom is -0.446 e. The maximum absolute atomic E-state index is 11.9. The van der Waals surface area contributed by atoms with Gasteiger partial charge in [0.25, 0.3) is 0 Å². The zero-order valence-corrected chi connectivity index (χ0v) is 13.6. The molecule has 6 heteroatoms. The third-order valence-electron chi connectivity index (χ3n) is 4.75. The smallest absolute Gasteiger partial charge is 0.407 e. The molecule has 0 aromatic carbocycles. The Bertz CT molecular complexity index is 562. The van der Waals surface area contributed by atoms with Gasteiger partial charge in [0, 0.05) is 23.6 Å². The molecule has 2 aliphatic rings. The molecule has 122 valence electrons. The number of alkyl carbamates (subject to hydrolysis) is 1. The van der Waals surface area contributed by atoms with Gasteiger partial charge in [-0.25, -0.2) is 9.48 Å². The second-order valence-corrected chi connectivity index (χ2v) is 7.26. The average Bonchev–Trinajstić information content (AvgIpc) is 2.87. The number of carbonyl (C=O) groups excluding carboxylic acids is 1. The molecule has 2 fully saturated rings. The van der Waals surface area contributed by atoms with Gasteiger partial charge in [-0.05, 0) is 52.9 Å². The Hall–Kier alpha value is -1.72. The number of nitrogens with zero attached hydrogens (tertiary/aromatic N) is 2. The van der Waals surface area contributed by atoms with E-state index in [0.29, 0.717) is 11.7 Å². The number of hydrogen-bond donors (Lipinski definition) is 2. The third kappa shape index (κ3) is 3.20. The number of anilines is 1. The largest absolute Gasteiger partial charge is 0.446 e. The van der Waals surface area contributed by atoms with Crippen LogP contribution in [0, 0.1) is 0 Å². The van der Waals surface area contributed by atoms with Crippen LogP contribution >= 0.6 is 0 Å². The van der Waals surface area contributed by atoms with E-state index in [-0.39, 0.29) is 23.8 Å². The van der Waals surface area contributed by atoms with Crippen molar-refractivity contribution >= 4 is 11.9 Å². The van der Waals surface area contributed by atoms with Gasteiger partial charge in [-0.2, -0.15) is 5.10 Å². The predicted octanol–water partition coefficient (Wildman–Crippen LogP) is 2.96. The van der Waals surface area contributed by atoms with Crippen LogP contribution < -0.4 is 11.1 Å². The second kappa shape index (κ2) is 5.48. The molecule has 1 heterocycles. The van der Waals surface area contributed by atoms with Crippen LogP contribution in [0.4, 0.5) is 10.6 Å². The van der Waals surface area contributed by atoms with Crippen LogP contribution in [0.3, 0.4) is 0 Å². The number of hydrogen-bond acceptors (Lipinski definition) is 4. The molecule has 0 aliphatic heterocycles. The summed E-state index contributed by atoms with van der Waals surface area (Å²) in [7, 11) is 0. The van der Waals surface area contributed by atoms with Gasteiger partial charge < -0.3 is 15.8 Å². The van der Waals surface area contributed by atoms with E-state index >= 15 is 0 Å². The lowest BCUT2D eigenvalue weighted by atomic mass is 10.0. The van der Waals surface area contributed by atoms with Crippen LogP contribution in [0.25, 0.3) is 0 Å². The molecule has 6 nitrogen and oxygen atoms in total. The van der Waals surface area contributed by atoms with Gasteiger partial charge in [-0.1, -0.05) is 0 Å². The van der Waals surface area contributed by atoms with Crippen molar-refractivity contribution in [3.63, 3.8) is 0 Å². The van der Waals surface area contributed by atoms with Crippen LogP contribution in [-0.2, 0) is 4.74 Å². The highest BCUT2D eigenvalue weighted by molar-refractivity contribution is 5.69. The van der Waals surface area contributed by atoms with E-state index in [1.807, 2.05) is 17.7 Å². The standard InChI is InChI=1S/C16H26N4O2/c1-10(2)20-14(17)9-13(19-20)11-4-5-12(8-11)22-15(21)18-16(3)6-7-16/h9-12H,4-8,17H2,1-3H3,(H,18,21)/t11-,12+/m0/s1. The quantitative estimate of drug-likeness (QED) is 0.896. The van der Waals surface area contributed by atoms with Gasteiger partial charge in [0.1, 0.15) is 11.9 Å². The fourth-order valence-electron chi connectivity index (χ4n) is 3.10. The van der Waals surface area contributed by atoms with Gasteiger partial charge in [0.2, 0.25) is 0 Å². The zero-order valence-electron chi connectivity index (χ0n) is 13.6. The Balaban J connectivity index is 1.55. The maximum Gasteiger partial charge on any atom is 0.407 e. The fraction of sp³-hybridized carbons (Fsp3) is 0.750. The summed E-state index contributed by atoms with van der Waals surface area (Å²) in [5.74, 6) is 1.03. The lowest BCUT2D eigenvalue weighted by Crippen LogP contribution is -2.36. The first-order chi connectivity index (χ1) is 10.4. The molecule has 2 aliphatic carbocycles. The van der Waals surface area contributed by atoms with Crippen molar-refractivity contribution in [1.82, 2.24) is 15.1 Å². The monoisotopic (exact) mass is 306 g/mol. The molecule has 1 aromatic heterocycles. The Kier molecular flexibility index (Phi) is 3.78. The van der Waals surface area contributed by atoms with Gasteiger partial charge in [-0.3, -0.25) is 0 Å². The van der Waals surface area contributed by atoms with Crippen LogP contribution in [0.2, 0.25) is 0 Å². The number of aromatic nitrogens is 2.